The number of hydrogen-bond donors (Lipinski definition) is 2. The Hall–Kier alpha value is -1.51. The van der Waals surface area contributed by atoms with E-state index in [1.807, 2.05) is 0 Å². The van der Waals surface area contributed by atoms with Crippen LogP contribution in [0.1, 0.15) is 17.2 Å². The van der Waals surface area contributed by atoms with Gasteiger partial charge in [-0.2, -0.15) is 0 Å². The second-order valence-corrected chi connectivity index (χ2v) is 3.98. The highest BCUT2D eigenvalue weighted by molar-refractivity contribution is 6.30. The van der Waals surface area contributed by atoms with Gasteiger partial charge in [-0.25, -0.2) is 0 Å². The zero-order chi connectivity index (χ0) is 11.5. The van der Waals surface area contributed by atoms with Gasteiger partial charge in [0.25, 0.3) is 0 Å². The fourth-order valence-corrected chi connectivity index (χ4v) is 1.62. The van der Waals surface area contributed by atoms with E-state index >= 15 is 0 Å². The number of rotatable bonds is 2. The van der Waals surface area contributed by atoms with Gasteiger partial charge in [-0.05, 0) is 35.4 Å². The fraction of sp³-hybridized carbons (Fsp3) is 0.0769. The van der Waals surface area contributed by atoms with Crippen molar-refractivity contribution < 1.29 is 10.2 Å². The maximum Gasteiger partial charge on any atom is 0.115 e. The van der Waals surface area contributed by atoms with Crippen LogP contribution < -0.4 is 0 Å². The predicted octanol–water partition coefficient (Wildman–Crippen LogP) is 3.13. The molecular weight excluding hydrogens is 224 g/mol. The molecule has 1 unspecified atom stereocenters. The maximum absolute atomic E-state index is 10.0. The number of halogens is 1. The Bertz CT molecular complexity index is 417. The minimum atomic E-state index is -0.696. The molecule has 82 valence electrons. The van der Waals surface area contributed by atoms with Crippen LogP contribution in [0.4, 0.5) is 0 Å². The summed E-state index contributed by atoms with van der Waals surface area (Å²) in [7, 11) is 0. The molecule has 0 aliphatic heterocycles. The Morgan fingerprint density at radius 1 is 0.812 bits per heavy atom. The predicted molar refractivity (Wildman–Crippen MR) is 63.6 cm³/mol. The van der Waals surface area contributed by atoms with Gasteiger partial charge in [-0.1, -0.05) is 35.9 Å². The van der Waals surface area contributed by atoms with E-state index in [1.54, 1.807) is 48.5 Å². The number of phenolic OH excluding ortho intramolecular Hbond substituents is 1. The molecule has 0 spiro atoms. The topological polar surface area (TPSA) is 40.5 Å². The van der Waals surface area contributed by atoms with Crippen LogP contribution in [-0.4, -0.2) is 10.2 Å². The maximum atomic E-state index is 10.0. The molecule has 0 amide bonds. The lowest BCUT2D eigenvalue weighted by Gasteiger charge is -2.11. The Labute approximate surface area is 98.7 Å². The minimum absolute atomic E-state index is 0.187. The first-order valence-electron chi connectivity index (χ1n) is 4.89. The van der Waals surface area contributed by atoms with Crippen LogP contribution in [0.5, 0.6) is 5.75 Å². The van der Waals surface area contributed by atoms with Crippen molar-refractivity contribution in [1.82, 2.24) is 0 Å². The molecule has 16 heavy (non-hydrogen) atoms. The summed E-state index contributed by atoms with van der Waals surface area (Å²) >= 11 is 5.77. The normalized spacial score (nSPS) is 12.4. The van der Waals surface area contributed by atoms with E-state index < -0.39 is 6.10 Å². The Balaban J connectivity index is 2.28. The van der Waals surface area contributed by atoms with Crippen LogP contribution in [0.2, 0.25) is 5.02 Å². The minimum Gasteiger partial charge on any atom is -0.508 e. The first-order valence-corrected chi connectivity index (χ1v) is 5.27. The highest BCUT2D eigenvalue weighted by Gasteiger charge is 2.09. The van der Waals surface area contributed by atoms with E-state index in [9.17, 15) is 5.11 Å². The molecule has 0 aliphatic rings. The van der Waals surface area contributed by atoms with Crippen molar-refractivity contribution in [2.45, 2.75) is 6.10 Å². The zero-order valence-electron chi connectivity index (χ0n) is 8.47. The third-order valence-electron chi connectivity index (χ3n) is 2.39. The Morgan fingerprint density at radius 3 is 1.75 bits per heavy atom. The molecule has 0 saturated carbocycles. The molecule has 2 nitrogen and oxygen atoms in total. The molecule has 0 heterocycles. The molecule has 0 fully saturated rings. The van der Waals surface area contributed by atoms with Crippen molar-refractivity contribution in [3.8, 4) is 5.75 Å². The van der Waals surface area contributed by atoms with Crippen molar-refractivity contribution in [2.75, 3.05) is 0 Å². The monoisotopic (exact) mass is 234 g/mol. The molecule has 2 aromatic carbocycles. The average molecular weight is 235 g/mol. The van der Waals surface area contributed by atoms with Crippen molar-refractivity contribution in [2.24, 2.45) is 0 Å². The number of benzene rings is 2. The lowest BCUT2D eigenvalue weighted by atomic mass is 10.0. The lowest BCUT2D eigenvalue weighted by molar-refractivity contribution is 0.220. The molecule has 0 aliphatic carbocycles. The first kappa shape index (κ1) is 11.0. The number of aromatic hydroxyl groups is 1. The molecular formula is C13H11ClO2. The highest BCUT2D eigenvalue weighted by atomic mass is 35.5. The van der Waals surface area contributed by atoms with Gasteiger partial charge in [0.15, 0.2) is 0 Å². The molecule has 2 N–H and O–H groups in total. The van der Waals surface area contributed by atoms with E-state index in [2.05, 4.69) is 0 Å². The van der Waals surface area contributed by atoms with Gasteiger partial charge in [-0.15, -0.1) is 0 Å². The summed E-state index contributed by atoms with van der Waals surface area (Å²) in [5.74, 6) is 0.187. The van der Waals surface area contributed by atoms with Gasteiger partial charge in [0.1, 0.15) is 11.9 Å². The third-order valence-corrected chi connectivity index (χ3v) is 2.65. The van der Waals surface area contributed by atoms with Gasteiger partial charge in [0, 0.05) is 5.02 Å². The smallest absolute Gasteiger partial charge is 0.115 e. The zero-order valence-corrected chi connectivity index (χ0v) is 9.22. The van der Waals surface area contributed by atoms with Crippen LogP contribution in [0, 0.1) is 0 Å². The van der Waals surface area contributed by atoms with Crippen LogP contribution in [-0.2, 0) is 0 Å². The van der Waals surface area contributed by atoms with Crippen LogP contribution in [0.25, 0.3) is 0 Å². The third kappa shape index (κ3) is 2.35. The SMILES string of the molecule is Oc1ccc(C(O)c2ccc(Cl)cc2)cc1. The van der Waals surface area contributed by atoms with Gasteiger partial charge < -0.3 is 10.2 Å². The van der Waals surface area contributed by atoms with E-state index in [0.29, 0.717) is 5.02 Å². The number of aliphatic hydroxyl groups excluding tert-OH is 1. The summed E-state index contributed by atoms with van der Waals surface area (Å²) in [6.45, 7) is 0. The summed E-state index contributed by atoms with van der Waals surface area (Å²) in [5.41, 5.74) is 1.51. The second-order valence-electron chi connectivity index (χ2n) is 3.55. The van der Waals surface area contributed by atoms with Gasteiger partial charge >= 0.3 is 0 Å². The Morgan fingerprint density at radius 2 is 1.25 bits per heavy atom. The average Bonchev–Trinajstić information content (AvgIpc) is 2.30. The van der Waals surface area contributed by atoms with Crippen LogP contribution in [0.15, 0.2) is 48.5 Å². The molecule has 1 atom stereocenters. The molecule has 0 aromatic heterocycles. The van der Waals surface area contributed by atoms with Crippen LogP contribution in [0.3, 0.4) is 0 Å². The van der Waals surface area contributed by atoms with Gasteiger partial charge in [0.05, 0.1) is 0 Å². The molecule has 0 bridgehead atoms. The van der Waals surface area contributed by atoms with E-state index in [4.69, 9.17) is 16.7 Å². The van der Waals surface area contributed by atoms with Crippen molar-refractivity contribution in [3.05, 3.63) is 64.7 Å². The fourth-order valence-electron chi connectivity index (χ4n) is 1.49. The molecule has 2 aromatic rings. The van der Waals surface area contributed by atoms with Gasteiger partial charge in [0.2, 0.25) is 0 Å². The van der Waals surface area contributed by atoms with Crippen LogP contribution >= 0.6 is 11.6 Å². The summed E-state index contributed by atoms with van der Waals surface area (Å²) in [5, 5.41) is 19.8. The number of hydrogen-bond acceptors (Lipinski definition) is 2. The van der Waals surface area contributed by atoms with E-state index in [-0.39, 0.29) is 5.75 Å². The van der Waals surface area contributed by atoms with E-state index in [0.717, 1.165) is 11.1 Å². The number of aliphatic hydroxyl groups is 1. The molecule has 0 radical (unpaired) electrons. The standard InChI is InChI=1S/C13H11ClO2/c14-11-5-1-9(2-6-11)13(16)10-3-7-12(15)8-4-10/h1-8,13,15-16H. The molecule has 0 saturated heterocycles. The largest absolute Gasteiger partial charge is 0.508 e. The summed E-state index contributed by atoms with van der Waals surface area (Å²) in [6.07, 6.45) is -0.696. The quantitative estimate of drug-likeness (QED) is 0.838. The van der Waals surface area contributed by atoms with Crippen molar-refractivity contribution in [3.63, 3.8) is 0 Å². The summed E-state index contributed by atoms with van der Waals surface area (Å²) < 4.78 is 0. The van der Waals surface area contributed by atoms with Gasteiger partial charge in [-0.3, -0.25) is 0 Å². The summed E-state index contributed by atoms with van der Waals surface area (Å²) in [6, 6.07) is 13.5. The molecule has 2 rings (SSSR count). The Kier molecular flexibility index (Phi) is 3.13. The lowest BCUT2D eigenvalue weighted by Crippen LogP contribution is -1.98. The first-order chi connectivity index (χ1) is 7.66. The van der Waals surface area contributed by atoms with Crippen molar-refractivity contribution in [1.29, 1.82) is 0 Å². The van der Waals surface area contributed by atoms with Crippen molar-refractivity contribution >= 4 is 11.6 Å². The second kappa shape index (κ2) is 4.56. The summed E-state index contributed by atoms with van der Waals surface area (Å²) in [4.78, 5) is 0. The van der Waals surface area contributed by atoms with E-state index in [1.165, 1.54) is 0 Å². The number of phenols is 1. The molecule has 3 heteroatoms. The highest BCUT2D eigenvalue weighted by Crippen LogP contribution is 2.24.